The highest BCUT2D eigenvalue weighted by Gasteiger charge is 2.15. The molecule has 1 atom stereocenters. The van der Waals surface area contributed by atoms with Crippen molar-refractivity contribution >= 4 is 31.9 Å². The van der Waals surface area contributed by atoms with Gasteiger partial charge in [-0.3, -0.25) is 4.98 Å². The molecule has 0 fully saturated rings. The van der Waals surface area contributed by atoms with Crippen molar-refractivity contribution in [3.63, 3.8) is 0 Å². The Hall–Kier alpha value is -0.650. The van der Waals surface area contributed by atoms with Crippen molar-refractivity contribution in [2.75, 3.05) is 7.05 Å². The van der Waals surface area contributed by atoms with Crippen molar-refractivity contribution in [3.8, 4) is 0 Å². The van der Waals surface area contributed by atoms with E-state index in [4.69, 9.17) is 4.42 Å². The van der Waals surface area contributed by atoms with E-state index in [1.165, 1.54) is 0 Å². The van der Waals surface area contributed by atoms with Gasteiger partial charge in [0.05, 0.1) is 6.26 Å². The van der Waals surface area contributed by atoms with E-state index in [0.717, 1.165) is 26.8 Å². The molecular weight excluding hydrogens is 348 g/mol. The van der Waals surface area contributed by atoms with Gasteiger partial charge in [-0.05, 0) is 57.1 Å². The van der Waals surface area contributed by atoms with E-state index in [1.54, 1.807) is 6.26 Å². The molecule has 5 heteroatoms. The summed E-state index contributed by atoms with van der Waals surface area (Å²) in [5.74, 6) is 0. The number of likely N-dealkylation sites (N-methyl/N-ethyl adjacent to an activating group) is 1. The maximum absolute atomic E-state index is 5.25. The van der Waals surface area contributed by atoms with Gasteiger partial charge in [0.15, 0.2) is 4.67 Å². The number of aromatic nitrogens is 1. The van der Waals surface area contributed by atoms with Crippen molar-refractivity contribution in [2.45, 2.75) is 12.5 Å². The molecular formula is C12H12Br2N2O. The van der Waals surface area contributed by atoms with Crippen molar-refractivity contribution < 1.29 is 4.42 Å². The van der Waals surface area contributed by atoms with E-state index in [9.17, 15) is 0 Å². The molecule has 0 aliphatic heterocycles. The van der Waals surface area contributed by atoms with Gasteiger partial charge in [-0.2, -0.15) is 0 Å². The zero-order chi connectivity index (χ0) is 12.3. The summed E-state index contributed by atoms with van der Waals surface area (Å²) < 4.78 is 7.02. The molecule has 90 valence electrons. The summed E-state index contributed by atoms with van der Waals surface area (Å²) in [5.41, 5.74) is 2.15. The van der Waals surface area contributed by atoms with Crippen molar-refractivity contribution in [3.05, 3.63) is 51.1 Å². The fourth-order valence-electron chi connectivity index (χ4n) is 1.66. The van der Waals surface area contributed by atoms with Crippen LogP contribution < -0.4 is 5.32 Å². The molecule has 0 saturated heterocycles. The average molecular weight is 360 g/mol. The second-order valence-electron chi connectivity index (χ2n) is 3.66. The van der Waals surface area contributed by atoms with Gasteiger partial charge < -0.3 is 9.73 Å². The topological polar surface area (TPSA) is 38.1 Å². The maximum Gasteiger partial charge on any atom is 0.173 e. The summed E-state index contributed by atoms with van der Waals surface area (Å²) >= 11 is 6.78. The van der Waals surface area contributed by atoms with E-state index in [-0.39, 0.29) is 6.04 Å². The van der Waals surface area contributed by atoms with E-state index in [2.05, 4.69) is 42.2 Å². The molecule has 1 N–H and O–H groups in total. The Balaban J connectivity index is 2.16. The molecule has 2 aromatic rings. The minimum atomic E-state index is 0.191. The lowest BCUT2D eigenvalue weighted by Crippen LogP contribution is -2.19. The van der Waals surface area contributed by atoms with Crippen LogP contribution in [0.5, 0.6) is 0 Å². The van der Waals surface area contributed by atoms with Gasteiger partial charge in [0.1, 0.15) is 0 Å². The molecule has 1 unspecified atom stereocenters. The molecule has 2 heterocycles. The third kappa shape index (κ3) is 3.18. The van der Waals surface area contributed by atoms with Crippen molar-refractivity contribution in [2.24, 2.45) is 0 Å². The summed E-state index contributed by atoms with van der Waals surface area (Å²) in [7, 11) is 1.93. The highest BCUT2D eigenvalue weighted by molar-refractivity contribution is 9.10. The summed E-state index contributed by atoms with van der Waals surface area (Å²) in [6, 6.07) is 6.17. The Kier molecular flexibility index (Phi) is 4.36. The molecule has 0 amide bonds. The molecule has 0 spiro atoms. The summed E-state index contributed by atoms with van der Waals surface area (Å²) in [6.45, 7) is 0. The normalized spacial score (nSPS) is 12.6. The van der Waals surface area contributed by atoms with Crippen LogP contribution in [-0.2, 0) is 6.42 Å². The van der Waals surface area contributed by atoms with Gasteiger partial charge >= 0.3 is 0 Å². The smallest absolute Gasteiger partial charge is 0.173 e. The van der Waals surface area contributed by atoms with E-state index < -0.39 is 0 Å². The lowest BCUT2D eigenvalue weighted by atomic mass is 10.1. The number of rotatable bonds is 4. The molecule has 0 saturated carbocycles. The van der Waals surface area contributed by atoms with Crippen molar-refractivity contribution in [1.82, 2.24) is 10.3 Å². The van der Waals surface area contributed by atoms with Crippen LogP contribution in [0.15, 0.2) is 44.2 Å². The van der Waals surface area contributed by atoms with Crippen molar-refractivity contribution in [1.29, 1.82) is 0 Å². The van der Waals surface area contributed by atoms with Crippen LogP contribution in [0.3, 0.4) is 0 Å². The SMILES string of the molecule is CNC(Cc1ccc(Br)cn1)c1ccoc1Br. The zero-order valence-corrected chi connectivity index (χ0v) is 12.5. The quantitative estimate of drug-likeness (QED) is 0.904. The van der Waals surface area contributed by atoms with Gasteiger partial charge in [0, 0.05) is 34.4 Å². The van der Waals surface area contributed by atoms with Gasteiger partial charge in [-0.1, -0.05) is 0 Å². The minimum Gasteiger partial charge on any atom is -0.457 e. The molecule has 0 radical (unpaired) electrons. The largest absolute Gasteiger partial charge is 0.457 e. The molecule has 2 aromatic heterocycles. The molecule has 0 aliphatic carbocycles. The Morgan fingerprint density at radius 3 is 2.71 bits per heavy atom. The average Bonchev–Trinajstić information content (AvgIpc) is 2.75. The summed E-state index contributed by atoms with van der Waals surface area (Å²) in [6.07, 6.45) is 4.31. The van der Waals surface area contributed by atoms with Gasteiger partial charge in [0.25, 0.3) is 0 Å². The Morgan fingerprint density at radius 2 is 2.18 bits per heavy atom. The first kappa shape index (κ1) is 12.8. The zero-order valence-electron chi connectivity index (χ0n) is 9.28. The molecule has 0 aliphatic rings. The van der Waals surface area contributed by atoms with Crippen LogP contribution in [0.4, 0.5) is 0 Å². The molecule has 17 heavy (non-hydrogen) atoms. The minimum absolute atomic E-state index is 0.191. The first-order valence-electron chi connectivity index (χ1n) is 5.21. The van der Waals surface area contributed by atoms with Crippen LogP contribution in [0.25, 0.3) is 0 Å². The molecule has 0 bridgehead atoms. The predicted octanol–water partition coefficient (Wildman–Crippen LogP) is 3.70. The molecule has 2 rings (SSSR count). The first-order valence-corrected chi connectivity index (χ1v) is 6.80. The fourth-order valence-corrected chi connectivity index (χ4v) is 2.41. The number of furan rings is 1. The maximum atomic E-state index is 5.25. The number of halogens is 2. The highest BCUT2D eigenvalue weighted by Crippen LogP contribution is 2.26. The van der Waals surface area contributed by atoms with Gasteiger partial charge in [0.2, 0.25) is 0 Å². The van der Waals surface area contributed by atoms with Crippen LogP contribution in [0.2, 0.25) is 0 Å². The van der Waals surface area contributed by atoms with E-state index in [1.807, 2.05) is 31.4 Å². The van der Waals surface area contributed by atoms with Crippen LogP contribution in [0.1, 0.15) is 17.3 Å². The Morgan fingerprint density at radius 1 is 1.35 bits per heavy atom. The standard InChI is InChI=1S/C12H12Br2N2O/c1-15-11(10-4-5-17-12(10)14)6-9-3-2-8(13)7-16-9/h2-5,7,11,15H,6H2,1H3. The molecule has 0 aromatic carbocycles. The van der Waals surface area contributed by atoms with Crippen LogP contribution in [0, 0.1) is 0 Å². The monoisotopic (exact) mass is 358 g/mol. The number of nitrogens with one attached hydrogen (secondary N) is 1. The first-order chi connectivity index (χ1) is 8.20. The third-order valence-corrected chi connectivity index (χ3v) is 3.69. The Labute approximate surface area is 117 Å². The van der Waals surface area contributed by atoms with E-state index >= 15 is 0 Å². The summed E-state index contributed by atoms with van der Waals surface area (Å²) in [4.78, 5) is 4.37. The predicted molar refractivity (Wildman–Crippen MR) is 73.8 cm³/mol. The fraction of sp³-hybridized carbons (Fsp3) is 0.250. The summed E-state index contributed by atoms with van der Waals surface area (Å²) in [5, 5.41) is 3.27. The highest BCUT2D eigenvalue weighted by atomic mass is 79.9. The number of nitrogens with zero attached hydrogens (tertiary/aromatic N) is 1. The lowest BCUT2D eigenvalue weighted by molar-refractivity contribution is 0.516. The van der Waals surface area contributed by atoms with E-state index in [0.29, 0.717) is 0 Å². The number of hydrogen-bond acceptors (Lipinski definition) is 3. The van der Waals surface area contributed by atoms with Crippen LogP contribution in [-0.4, -0.2) is 12.0 Å². The molecule has 3 nitrogen and oxygen atoms in total. The second-order valence-corrected chi connectivity index (χ2v) is 5.30. The second kappa shape index (κ2) is 5.80. The van der Waals surface area contributed by atoms with Gasteiger partial charge in [-0.25, -0.2) is 0 Å². The van der Waals surface area contributed by atoms with Crippen LogP contribution >= 0.6 is 31.9 Å². The third-order valence-electron chi connectivity index (χ3n) is 2.57. The number of hydrogen-bond donors (Lipinski definition) is 1. The Bertz CT molecular complexity index is 482. The number of pyridine rings is 1. The lowest BCUT2D eigenvalue weighted by Gasteiger charge is -2.14. The van der Waals surface area contributed by atoms with Gasteiger partial charge in [-0.15, -0.1) is 0 Å².